The van der Waals surface area contributed by atoms with Crippen molar-refractivity contribution in [2.75, 3.05) is 4.90 Å². The fourth-order valence-electron chi connectivity index (χ4n) is 8.23. The molecule has 0 aromatic heterocycles. The molecule has 0 unspecified atom stereocenters. The van der Waals surface area contributed by atoms with Crippen molar-refractivity contribution in [2.24, 2.45) is 0 Å². The lowest BCUT2D eigenvalue weighted by molar-refractivity contribution is 1.29. The minimum absolute atomic E-state index is 1.10. The zero-order chi connectivity index (χ0) is 38.0. The van der Waals surface area contributed by atoms with Crippen LogP contribution in [-0.4, -0.2) is 0 Å². The van der Waals surface area contributed by atoms with Crippen LogP contribution in [-0.2, 0) is 0 Å². The van der Waals surface area contributed by atoms with Crippen molar-refractivity contribution >= 4 is 38.6 Å². The minimum Gasteiger partial charge on any atom is -0.310 e. The molecular formula is C56H39N. The van der Waals surface area contributed by atoms with E-state index in [9.17, 15) is 0 Å². The molecule has 0 aliphatic carbocycles. The molecule has 10 aromatic carbocycles. The summed E-state index contributed by atoms with van der Waals surface area (Å²) in [5.41, 5.74) is 15.4. The Labute approximate surface area is 334 Å². The van der Waals surface area contributed by atoms with Gasteiger partial charge in [-0.05, 0) is 120 Å². The number of fused-ring (bicyclic) bond motifs is 2. The molecule has 0 spiro atoms. The first-order valence-electron chi connectivity index (χ1n) is 19.6. The summed E-state index contributed by atoms with van der Waals surface area (Å²) in [6, 6.07) is 85.6. The van der Waals surface area contributed by atoms with E-state index in [1.54, 1.807) is 0 Å². The summed E-state index contributed by atoms with van der Waals surface area (Å²) in [5.74, 6) is 0. The van der Waals surface area contributed by atoms with Gasteiger partial charge in [0.2, 0.25) is 0 Å². The van der Waals surface area contributed by atoms with Gasteiger partial charge in [0.25, 0.3) is 0 Å². The highest BCUT2D eigenvalue weighted by Crippen LogP contribution is 2.42. The first-order chi connectivity index (χ1) is 28.3. The molecule has 0 amide bonds. The smallest absolute Gasteiger partial charge is 0.0468 e. The van der Waals surface area contributed by atoms with Gasteiger partial charge in [0.1, 0.15) is 0 Å². The first kappa shape index (κ1) is 34.0. The Morgan fingerprint density at radius 1 is 0.228 bits per heavy atom. The Balaban J connectivity index is 1.07. The summed E-state index contributed by atoms with van der Waals surface area (Å²) in [7, 11) is 0. The Bertz CT molecular complexity index is 2970. The van der Waals surface area contributed by atoms with Gasteiger partial charge in [-0.3, -0.25) is 0 Å². The van der Waals surface area contributed by atoms with Crippen LogP contribution >= 0.6 is 0 Å². The van der Waals surface area contributed by atoms with E-state index in [0.717, 1.165) is 17.1 Å². The van der Waals surface area contributed by atoms with Gasteiger partial charge >= 0.3 is 0 Å². The third-order valence-electron chi connectivity index (χ3n) is 11.1. The van der Waals surface area contributed by atoms with E-state index in [-0.39, 0.29) is 0 Å². The summed E-state index contributed by atoms with van der Waals surface area (Å²) in [6.07, 6.45) is 0. The third-order valence-corrected chi connectivity index (χ3v) is 11.1. The topological polar surface area (TPSA) is 3.24 Å². The van der Waals surface area contributed by atoms with Gasteiger partial charge in [0.05, 0.1) is 0 Å². The van der Waals surface area contributed by atoms with Gasteiger partial charge in [-0.2, -0.15) is 0 Å². The van der Waals surface area contributed by atoms with Gasteiger partial charge in [0, 0.05) is 17.1 Å². The molecule has 0 atom stereocenters. The molecule has 57 heavy (non-hydrogen) atoms. The Kier molecular flexibility index (Phi) is 8.95. The minimum atomic E-state index is 1.10. The van der Waals surface area contributed by atoms with E-state index in [1.807, 2.05) is 0 Å². The second-order valence-corrected chi connectivity index (χ2v) is 14.5. The van der Waals surface area contributed by atoms with E-state index in [1.165, 1.54) is 77.2 Å². The van der Waals surface area contributed by atoms with E-state index in [2.05, 4.69) is 241 Å². The van der Waals surface area contributed by atoms with Crippen molar-refractivity contribution in [3.8, 4) is 55.6 Å². The maximum Gasteiger partial charge on any atom is 0.0468 e. The number of hydrogen-bond acceptors (Lipinski definition) is 1. The van der Waals surface area contributed by atoms with E-state index >= 15 is 0 Å². The van der Waals surface area contributed by atoms with Gasteiger partial charge in [0.15, 0.2) is 0 Å². The Morgan fingerprint density at radius 3 is 1.33 bits per heavy atom. The second-order valence-electron chi connectivity index (χ2n) is 14.5. The lowest BCUT2D eigenvalue weighted by atomic mass is 9.89. The highest BCUT2D eigenvalue weighted by Gasteiger charge is 2.17. The van der Waals surface area contributed by atoms with Crippen LogP contribution < -0.4 is 4.90 Å². The van der Waals surface area contributed by atoms with Crippen molar-refractivity contribution < 1.29 is 0 Å². The lowest BCUT2D eigenvalue weighted by Gasteiger charge is -2.26. The molecule has 0 fully saturated rings. The first-order valence-corrected chi connectivity index (χ1v) is 19.6. The molecule has 0 radical (unpaired) electrons. The van der Waals surface area contributed by atoms with Crippen molar-refractivity contribution in [2.45, 2.75) is 0 Å². The normalized spacial score (nSPS) is 11.2. The quantitative estimate of drug-likeness (QED) is 0.151. The van der Waals surface area contributed by atoms with Crippen LogP contribution in [0.1, 0.15) is 0 Å². The van der Waals surface area contributed by atoms with Crippen LogP contribution in [0.15, 0.2) is 237 Å². The molecule has 1 heteroatoms. The molecule has 0 aliphatic rings. The highest BCUT2D eigenvalue weighted by atomic mass is 15.1. The van der Waals surface area contributed by atoms with Gasteiger partial charge < -0.3 is 4.90 Å². The van der Waals surface area contributed by atoms with Crippen LogP contribution in [0.2, 0.25) is 0 Å². The van der Waals surface area contributed by atoms with Crippen LogP contribution in [0.3, 0.4) is 0 Å². The van der Waals surface area contributed by atoms with Crippen LogP contribution in [0.25, 0.3) is 77.2 Å². The molecule has 0 bridgehead atoms. The Hall–Kier alpha value is -7.48. The summed E-state index contributed by atoms with van der Waals surface area (Å²) in [4.78, 5) is 2.37. The Morgan fingerprint density at radius 2 is 0.684 bits per heavy atom. The maximum absolute atomic E-state index is 2.37. The van der Waals surface area contributed by atoms with E-state index < -0.39 is 0 Å². The molecule has 10 rings (SSSR count). The average molecular weight is 726 g/mol. The van der Waals surface area contributed by atoms with Crippen molar-refractivity contribution in [3.05, 3.63) is 237 Å². The fourth-order valence-corrected chi connectivity index (χ4v) is 8.23. The number of benzene rings is 10. The maximum atomic E-state index is 2.37. The van der Waals surface area contributed by atoms with Crippen LogP contribution in [0.5, 0.6) is 0 Å². The van der Waals surface area contributed by atoms with Crippen LogP contribution in [0.4, 0.5) is 17.1 Å². The average Bonchev–Trinajstić information content (AvgIpc) is 3.30. The molecule has 268 valence electrons. The number of nitrogens with zero attached hydrogens (tertiary/aromatic N) is 1. The SMILES string of the molecule is c1ccc(-c2ccc(-c3ccc(N(c4ccc(-c5c(-c6ccccc6)ccc6ccccc56)cc4)c4ccc5ccccc5c4)cc3)cc2-c2ccccc2)cc1. The molecule has 1 nitrogen and oxygen atoms in total. The highest BCUT2D eigenvalue weighted by molar-refractivity contribution is 6.04. The van der Waals surface area contributed by atoms with Gasteiger partial charge in [-0.25, -0.2) is 0 Å². The molecule has 0 saturated heterocycles. The summed E-state index contributed by atoms with van der Waals surface area (Å²) in [5, 5.41) is 4.92. The largest absolute Gasteiger partial charge is 0.310 e. The third kappa shape index (κ3) is 6.66. The van der Waals surface area contributed by atoms with Gasteiger partial charge in [-0.1, -0.05) is 194 Å². The number of hydrogen-bond donors (Lipinski definition) is 0. The van der Waals surface area contributed by atoms with Crippen molar-refractivity contribution in [3.63, 3.8) is 0 Å². The number of rotatable bonds is 8. The molecule has 0 saturated carbocycles. The molecular weight excluding hydrogens is 687 g/mol. The van der Waals surface area contributed by atoms with Crippen molar-refractivity contribution in [1.82, 2.24) is 0 Å². The second kappa shape index (κ2) is 15.0. The van der Waals surface area contributed by atoms with Crippen LogP contribution in [0, 0.1) is 0 Å². The van der Waals surface area contributed by atoms with Crippen molar-refractivity contribution in [1.29, 1.82) is 0 Å². The van der Waals surface area contributed by atoms with E-state index in [4.69, 9.17) is 0 Å². The summed E-state index contributed by atoms with van der Waals surface area (Å²) < 4.78 is 0. The summed E-state index contributed by atoms with van der Waals surface area (Å²) in [6.45, 7) is 0. The van der Waals surface area contributed by atoms with E-state index in [0.29, 0.717) is 0 Å². The predicted molar refractivity (Wildman–Crippen MR) is 243 cm³/mol. The zero-order valence-electron chi connectivity index (χ0n) is 31.5. The zero-order valence-corrected chi connectivity index (χ0v) is 31.5. The molecule has 0 aliphatic heterocycles. The summed E-state index contributed by atoms with van der Waals surface area (Å²) >= 11 is 0. The molecule has 0 N–H and O–H groups in total. The monoisotopic (exact) mass is 725 g/mol. The van der Waals surface area contributed by atoms with Gasteiger partial charge in [-0.15, -0.1) is 0 Å². The standard InChI is InChI=1S/C56H39N/c1-4-15-42(16-5-1)52-36-30-48(39-55(52)44-19-8-3-9-20-44)41-24-31-49(32-25-41)57(51-35-26-40-14-10-11-22-47(40)38-51)50-33-27-46(28-34-50)56-53-23-13-12-21-45(53)29-37-54(56)43-17-6-2-7-18-43/h1-39H. The lowest BCUT2D eigenvalue weighted by Crippen LogP contribution is -2.09. The fraction of sp³-hybridized carbons (Fsp3) is 0. The molecule has 10 aromatic rings. The predicted octanol–water partition coefficient (Wildman–Crippen LogP) is 15.8. The number of anilines is 3. The molecule has 0 heterocycles.